The Kier molecular flexibility index (Phi) is 4.79. The van der Waals surface area contributed by atoms with Crippen LogP contribution in [0, 0.1) is 17.8 Å². The van der Waals surface area contributed by atoms with Crippen molar-refractivity contribution in [1.82, 2.24) is 10.2 Å². The minimum Gasteiger partial charge on any atom is -0.481 e. The first kappa shape index (κ1) is 16.1. The second kappa shape index (κ2) is 6.24. The average Bonchev–Trinajstić information content (AvgIpc) is 2.98. The number of fused-ring (bicyclic) bond motifs is 2. The van der Waals surface area contributed by atoms with Gasteiger partial charge in [-0.05, 0) is 57.3 Å². The molecule has 2 bridgehead atoms. The number of amides is 2. The van der Waals surface area contributed by atoms with Crippen LogP contribution in [0.1, 0.15) is 52.4 Å². The van der Waals surface area contributed by atoms with Gasteiger partial charge in [-0.2, -0.15) is 0 Å². The Labute approximate surface area is 127 Å². The lowest BCUT2D eigenvalue weighted by Gasteiger charge is -2.31. The summed E-state index contributed by atoms with van der Waals surface area (Å²) in [6.45, 7) is 4.57. The van der Waals surface area contributed by atoms with Crippen LogP contribution < -0.4 is 5.32 Å². The summed E-state index contributed by atoms with van der Waals surface area (Å²) < 4.78 is 0. The van der Waals surface area contributed by atoms with Gasteiger partial charge in [-0.1, -0.05) is 6.42 Å². The monoisotopic (exact) mass is 296 g/mol. The maximum Gasteiger partial charge on any atom is 0.317 e. The van der Waals surface area contributed by atoms with E-state index in [9.17, 15) is 9.59 Å². The van der Waals surface area contributed by atoms with Gasteiger partial charge in [-0.3, -0.25) is 4.79 Å². The van der Waals surface area contributed by atoms with Crippen molar-refractivity contribution < 1.29 is 14.7 Å². The molecule has 2 N–H and O–H groups in total. The van der Waals surface area contributed by atoms with E-state index in [0.29, 0.717) is 12.3 Å². The molecule has 0 aromatic heterocycles. The van der Waals surface area contributed by atoms with Gasteiger partial charge in [0.25, 0.3) is 0 Å². The zero-order valence-electron chi connectivity index (χ0n) is 13.4. The van der Waals surface area contributed by atoms with Crippen molar-refractivity contribution in [3.05, 3.63) is 0 Å². The van der Waals surface area contributed by atoms with Gasteiger partial charge in [-0.25, -0.2) is 4.79 Å². The molecule has 2 aliphatic carbocycles. The SMILES string of the molecule is CN(CC1CC2CCC1C2)C(=O)NC(C)(C)CCC(=O)O. The standard InChI is InChI=1S/C16H28N2O3/c1-16(2,7-6-14(19)20)17-15(21)18(3)10-13-9-11-4-5-12(13)8-11/h11-13H,4-10H2,1-3H3,(H,17,21)(H,19,20). The molecule has 0 saturated heterocycles. The Hall–Kier alpha value is -1.26. The molecule has 2 saturated carbocycles. The van der Waals surface area contributed by atoms with Crippen molar-refractivity contribution in [3.8, 4) is 0 Å². The predicted octanol–water partition coefficient (Wildman–Crippen LogP) is 2.71. The normalized spacial score (nSPS) is 27.7. The van der Waals surface area contributed by atoms with Gasteiger partial charge in [0.05, 0.1) is 0 Å². The molecule has 0 heterocycles. The Morgan fingerprint density at radius 2 is 2.00 bits per heavy atom. The lowest BCUT2D eigenvalue weighted by atomic mass is 9.88. The number of hydrogen-bond acceptors (Lipinski definition) is 2. The lowest BCUT2D eigenvalue weighted by molar-refractivity contribution is -0.137. The molecule has 0 radical (unpaired) electrons. The molecular formula is C16H28N2O3. The third-order valence-electron chi connectivity index (χ3n) is 5.15. The Balaban J connectivity index is 1.78. The number of urea groups is 1. The first-order valence-corrected chi connectivity index (χ1v) is 8.02. The zero-order chi connectivity index (χ0) is 15.6. The number of carboxylic acids is 1. The summed E-state index contributed by atoms with van der Waals surface area (Å²) in [5, 5.41) is 11.7. The van der Waals surface area contributed by atoms with E-state index in [2.05, 4.69) is 5.32 Å². The molecule has 3 unspecified atom stereocenters. The van der Waals surface area contributed by atoms with Crippen molar-refractivity contribution in [2.24, 2.45) is 17.8 Å². The van der Waals surface area contributed by atoms with Gasteiger partial charge in [0.15, 0.2) is 0 Å². The molecule has 120 valence electrons. The summed E-state index contributed by atoms with van der Waals surface area (Å²) in [6, 6.07) is -0.0897. The highest BCUT2D eigenvalue weighted by atomic mass is 16.4. The third-order valence-corrected chi connectivity index (χ3v) is 5.15. The first-order valence-electron chi connectivity index (χ1n) is 8.02. The van der Waals surface area contributed by atoms with Gasteiger partial charge in [0.1, 0.15) is 0 Å². The molecule has 21 heavy (non-hydrogen) atoms. The number of nitrogens with zero attached hydrogens (tertiary/aromatic N) is 1. The summed E-state index contributed by atoms with van der Waals surface area (Å²) in [5.41, 5.74) is -0.488. The number of hydrogen-bond donors (Lipinski definition) is 2. The van der Waals surface area contributed by atoms with E-state index in [4.69, 9.17) is 5.11 Å². The Morgan fingerprint density at radius 1 is 1.29 bits per heavy atom. The van der Waals surface area contributed by atoms with Crippen LogP contribution in [0.3, 0.4) is 0 Å². The van der Waals surface area contributed by atoms with Gasteiger partial charge >= 0.3 is 12.0 Å². The van der Waals surface area contributed by atoms with E-state index in [1.54, 1.807) is 4.90 Å². The molecule has 0 aliphatic heterocycles. The van der Waals surface area contributed by atoms with Crippen molar-refractivity contribution in [1.29, 1.82) is 0 Å². The number of rotatable bonds is 6. The summed E-state index contributed by atoms with van der Waals surface area (Å²) >= 11 is 0. The van der Waals surface area contributed by atoms with E-state index in [1.165, 1.54) is 25.7 Å². The van der Waals surface area contributed by atoms with E-state index in [1.807, 2.05) is 20.9 Å². The van der Waals surface area contributed by atoms with Crippen molar-refractivity contribution in [2.75, 3.05) is 13.6 Å². The maximum atomic E-state index is 12.3. The van der Waals surface area contributed by atoms with E-state index in [0.717, 1.165) is 18.4 Å². The zero-order valence-corrected chi connectivity index (χ0v) is 13.4. The smallest absolute Gasteiger partial charge is 0.317 e. The Morgan fingerprint density at radius 3 is 2.52 bits per heavy atom. The minimum atomic E-state index is -0.826. The topological polar surface area (TPSA) is 69.6 Å². The Bertz CT molecular complexity index is 408. The van der Waals surface area contributed by atoms with Crippen LogP contribution in [0.2, 0.25) is 0 Å². The van der Waals surface area contributed by atoms with Crippen LogP contribution in [-0.2, 0) is 4.79 Å². The largest absolute Gasteiger partial charge is 0.481 e. The predicted molar refractivity (Wildman–Crippen MR) is 81.0 cm³/mol. The van der Waals surface area contributed by atoms with Crippen molar-refractivity contribution in [3.63, 3.8) is 0 Å². The van der Waals surface area contributed by atoms with Crippen LogP contribution in [0.5, 0.6) is 0 Å². The minimum absolute atomic E-state index is 0.0728. The summed E-state index contributed by atoms with van der Waals surface area (Å²) in [7, 11) is 1.84. The average molecular weight is 296 g/mol. The van der Waals surface area contributed by atoms with E-state index < -0.39 is 11.5 Å². The molecule has 3 atom stereocenters. The fourth-order valence-corrected chi connectivity index (χ4v) is 3.90. The summed E-state index contributed by atoms with van der Waals surface area (Å²) in [4.78, 5) is 24.7. The van der Waals surface area contributed by atoms with Crippen LogP contribution in [0.25, 0.3) is 0 Å². The number of aliphatic carboxylic acids is 1. The molecule has 0 aromatic rings. The summed E-state index contributed by atoms with van der Waals surface area (Å²) in [6.07, 6.45) is 5.84. The van der Waals surface area contributed by atoms with Gasteiger partial charge < -0.3 is 15.3 Å². The molecule has 2 amide bonds. The highest BCUT2D eigenvalue weighted by Gasteiger charge is 2.40. The van der Waals surface area contributed by atoms with Crippen LogP contribution in [-0.4, -0.2) is 41.1 Å². The van der Waals surface area contributed by atoms with Crippen molar-refractivity contribution >= 4 is 12.0 Å². The molecule has 2 fully saturated rings. The fraction of sp³-hybridized carbons (Fsp3) is 0.875. The lowest BCUT2D eigenvalue weighted by Crippen LogP contribution is -2.50. The molecule has 5 nitrogen and oxygen atoms in total. The van der Waals surface area contributed by atoms with Crippen molar-refractivity contribution in [2.45, 2.75) is 57.9 Å². The second-order valence-corrected chi connectivity index (χ2v) is 7.52. The molecule has 0 spiro atoms. The summed E-state index contributed by atoms with van der Waals surface area (Å²) in [5.74, 6) is 1.53. The third kappa shape index (κ3) is 4.35. The van der Waals surface area contributed by atoms with Gasteiger partial charge in [-0.15, -0.1) is 0 Å². The number of carboxylic acid groups (broad SMARTS) is 1. The number of carbonyl (C=O) groups excluding carboxylic acids is 1. The molecule has 0 aromatic carbocycles. The van der Waals surface area contributed by atoms with Crippen LogP contribution in [0.15, 0.2) is 0 Å². The van der Waals surface area contributed by atoms with Crippen LogP contribution in [0.4, 0.5) is 4.79 Å². The highest BCUT2D eigenvalue weighted by Crippen LogP contribution is 2.48. The maximum absolute atomic E-state index is 12.3. The molecule has 5 heteroatoms. The first-order chi connectivity index (χ1) is 9.77. The molecule has 2 rings (SSSR count). The van der Waals surface area contributed by atoms with Crippen LogP contribution >= 0.6 is 0 Å². The van der Waals surface area contributed by atoms with Gasteiger partial charge in [0.2, 0.25) is 0 Å². The molecular weight excluding hydrogens is 268 g/mol. The molecule has 2 aliphatic rings. The van der Waals surface area contributed by atoms with E-state index >= 15 is 0 Å². The quantitative estimate of drug-likeness (QED) is 0.791. The highest BCUT2D eigenvalue weighted by molar-refractivity contribution is 5.75. The fourth-order valence-electron chi connectivity index (χ4n) is 3.90. The number of nitrogens with one attached hydrogen (secondary N) is 1. The van der Waals surface area contributed by atoms with Gasteiger partial charge in [0, 0.05) is 25.6 Å². The number of carbonyl (C=O) groups is 2. The van der Waals surface area contributed by atoms with E-state index in [-0.39, 0.29) is 12.5 Å². The second-order valence-electron chi connectivity index (χ2n) is 7.52.